The number of fused-ring (bicyclic) bond motifs is 1. The molecule has 2 heterocycles. The van der Waals surface area contributed by atoms with Crippen molar-refractivity contribution >= 4 is 5.96 Å². The Kier molecular flexibility index (Phi) is 6.36. The zero-order chi connectivity index (χ0) is 21.0. The SMILES string of the molecule is CN=C(NCc1ccc(F)cc1C(F)(F)F)NC1CCc2nc(COC)nn2C1. The average molecular weight is 414 g/mol. The lowest BCUT2D eigenvalue weighted by Gasteiger charge is -2.25. The molecule has 158 valence electrons. The van der Waals surface area contributed by atoms with Crippen molar-refractivity contribution < 1.29 is 22.3 Å². The van der Waals surface area contributed by atoms with E-state index in [1.807, 2.05) is 0 Å². The predicted octanol–water partition coefficient (Wildman–Crippen LogP) is 2.26. The Balaban J connectivity index is 1.62. The first-order valence-corrected chi connectivity index (χ1v) is 9.04. The molecule has 1 aromatic heterocycles. The molecule has 0 radical (unpaired) electrons. The molecule has 2 aromatic rings. The van der Waals surface area contributed by atoms with Gasteiger partial charge in [-0.15, -0.1) is 0 Å². The van der Waals surface area contributed by atoms with Crippen LogP contribution in [0.1, 0.15) is 29.2 Å². The maximum absolute atomic E-state index is 13.2. The summed E-state index contributed by atoms with van der Waals surface area (Å²) >= 11 is 0. The summed E-state index contributed by atoms with van der Waals surface area (Å²) in [6.45, 7) is 0.742. The normalized spacial score (nSPS) is 17.2. The molecule has 7 nitrogen and oxygen atoms in total. The van der Waals surface area contributed by atoms with Crippen molar-refractivity contribution in [1.82, 2.24) is 25.4 Å². The van der Waals surface area contributed by atoms with Gasteiger partial charge in [-0.25, -0.2) is 14.1 Å². The number of benzene rings is 1. The number of aliphatic imine (C=N–C) groups is 1. The van der Waals surface area contributed by atoms with Gasteiger partial charge in [0.15, 0.2) is 11.8 Å². The summed E-state index contributed by atoms with van der Waals surface area (Å²) < 4.78 is 59.5. The zero-order valence-corrected chi connectivity index (χ0v) is 16.1. The summed E-state index contributed by atoms with van der Waals surface area (Å²) in [7, 11) is 3.11. The number of hydrogen-bond acceptors (Lipinski definition) is 4. The fourth-order valence-electron chi connectivity index (χ4n) is 3.20. The Bertz CT molecular complexity index is 880. The average Bonchev–Trinajstić information content (AvgIpc) is 3.07. The first-order valence-electron chi connectivity index (χ1n) is 9.04. The van der Waals surface area contributed by atoms with E-state index in [9.17, 15) is 17.6 Å². The number of nitrogens with zero attached hydrogens (tertiary/aromatic N) is 4. The fourth-order valence-corrected chi connectivity index (χ4v) is 3.20. The van der Waals surface area contributed by atoms with Gasteiger partial charge in [0.05, 0.1) is 12.1 Å². The molecule has 29 heavy (non-hydrogen) atoms. The second-order valence-corrected chi connectivity index (χ2v) is 6.66. The zero-order valence-electron chi connectivity index (χ0n) is 16.1. The van der Waals surface area contributed by atoms with Crippen molar-refractivity contribution in [2.24, 2.45) is 4.99 Å². The topological polar surface area (TPSA) is 76.4 Å². The number of halogens is 4. The van der Waals surface area contributed by atoms with Crippen LogP contribution in [0, 0.1) is 5.82 Å². The number of methoxy groups -OCH3 is 1. The molecule has 0 saturated carbocycles. The summed E-state index contributed by atoms with van der Waals surface area (Å²) in [5.41, 5.74) is -1.07. The molecular weight excluding hydrogens is 392 g/mol. The maximum atomic E-state index is 13.2. The minimum atomic E-state index is -4.64. The molecule has 11 heteroatoms. The highest BCUT2D eigenvalue weighted by atomic mass is 19.4. The van der Waals surface area contributed by atoms with Gasteiger partial charge in [0, 0.05) is 33.2 Å². The second-order valence-electron chi connectivity index (χ2n) is 6.66. The van der Waals surface area contributed by atoms with Gasteiger partial charge < -0.3 is 15.4 Å². The van der Waals surface area contributed by atoms with E-state index in [1.165, 1.54) is 7.05 Å². The number of aromatic nitrogens is 3. The van der Waals surface area contributed by atoms with Crippen LogP contribution >= 0.6 is 0 Å². The minimum Gasteiger partial charge on any atom is -0.377 e. The molecule has 1 unspecified atom stereocenters. The van der Waals surface area contributed by atoms with Gasteiger partial charge in [0.2, 0.25) is 0 Å². The van der Waals surface area contributed by atoms with Gasteiger partial charge in [-0.3, -0.25) is 4.99 Å². The monoisotopic (exact) mass is 414 g/mol. The maximum Gasteiger partial charge on any atom is 0.416 e. The van der Waals surface area contributed by atoms with E-state index in [4.69, 9.17) is 4.74 Å². The molecule has 1 aliphatic heterocycles. The van der Waals surface area contributed by atoms with Gasteiger partial charge in [-0.05, 0) is 24.1 Å². The third-order valence-electron chi connectivity index (χ3n) is 4.56. The Labute approximate surface area is 165 Å². The first kappa shape index (κ1) is 21.0. The molecule has 1 atom stereocenters. The number of aryl methyl sites for hydroxylation is 1. The van der Waals surface area contributed by atoms with E-state index >= 15 is 0 Å². The highest BCUT2D eigenvalue weighted by Crippen LogP contribution is 2.32. The summed E-state index contributed by atoms with van der Waals surface area (Å²) in [6.07, 6.45) is -3.15. The number of hydrogen-bond donors (Lipinski definition) is 2. The molecule has 0 saturated heterocycles. The smallest absolute Gasteiger partial charge is 0.377 e. The van der Waals surface area contributed by atoms with Crippen LogP contribution in [0.25, 0.3) is 0 Å². The standard InChI is InChI=1S/C18H22F4N6O/c1-23-17(24-8-11-3-4-12(19)7-14(11)18(20,21)22)25-13-5-6-16-26-15(10-29-2)27-28(16)9-13/h3-4,7,13H,5-6,8-10H2,1-2H3,(H2,23,24,25). The van der Waals surface area contributed by atoms with Gasteiger partial charge in [-0.2, -0.15) is 18.3 Å². The predicted molar refractivity (Wildman–Crippen MR) is 97.6 cm³/mol. The largest absolute Gasteiger partial charge is 0.416 e. The molecule has 0 fully saturated rings. The Morgan fingerprint density at radius 3 is 2.86 bits per heavy atom. The van der Waals surface area contributed by atoms with Gasteiger partial charge in [0.1, 0.15) is 18.2 Å². The Morgan fingerprint density at radius 1 is 1.38 bits per heavy atom. The molecule has 1 aromatic carbocycles. The third-order valence-corrected chi connectivity index (χ3v) is 4.56. The summed E-state index contributed by atoms with van der Waals surface area (Å²) in [5.74, 6) is 0.913. The number of ether oxygens (including phenoxy) is 1. The van der Waals surface area contributed by atoms with Crippen molar-refractivity contribution in [3.8, 4) is 0 Å². The highest BCUT2D eigenvalue weighted by molar-refractivity contribution is 5.80. The van der Waals surface area contributed by atoms with E-state index in [2.05, 4.69) is 25.7 Å². The van der Waals surface area contributed by atoms with Crippen molar-refractivity contribution in [3.63, 3.8) is 0 Å². The molecule has 0 aliphatic carbocycles. The van der Waals surface area contributed by atoms with Crippen LogP contribution < -0.4 is 10.6 Å². The van der Waals surface area contributed by atoms with Crippen molar-refractivity contribution in [1.29, 1.82) is 0 Å². The van der Waals surface area contributed by atoms with Crippen LogP contribution in [0.5, 0.6) is 0 Å². The van der Waals surface area contributed by atoms with Crippen molar-refractivity contribution in [3.05, 3.63) is 46.8 Å². The third kappa shape index (κ3) is 5.22. The summed E-state index contributed by atoms with van der Waals surface area (Å²) in [4.78, 5) is 8.48. The number of guanidine groups is 1. The lowest BCUT2D eigenvalue weighted by molar-refractivity contribution is -0.138. The molecule has 0 amide bonds. The highest BCUT2D eigenvalue weighted by Gasteiger charge is 2.33. The van der Waals surface area contributed by atoms with Crippen LogP contribution in [0.2, 0.25) is 0 Å². The molecule has 0 spiro atoms. The van der Waals surface area contributed by atoms with E-state index < -0.39 is 17.6 Å². The van der Waals surface area contributed by atoms with E-state index in [0.717, 1.165) is 24.4 Å². The Morgan fingerprint density at radius 2 is 2.17 bits per heavy atom. The molecule has 2 N–H and O–H groups in total. The van der Waals surface area contributed by atoms with E-state index in [1.54, 1.807) is 11.8 Å². The Hall–Kier alpha value is -2.69. The number of alkyl halides is 3. The molecular formula is C18H22F4N6O. The van der Waals surface area contributed by atoms with Crippen molar-refractivity contribution in [2.75, 3.05) is 14.2 Å². The van der Waals surface area contributed by atoms with Crippen molar-refractivity contribution in [2.45, 2.75) is 44.8 Å². The number of nitrogens with one attached hydrogen (secondary N) is 2. The lowest BCUT2D eigenvalue weighted by Crippen LogP contribution is -2.47. The van der Waals surface area contributed by atoms with Gasteiger partial charge >= 0.3 is 6.18 Å². The van der Waals surface area contributed by atoms with Crippen LogP contribution in [0.3, 0.4) is 0 Å². The van der Waals surface area contributed by atoms with E-state index in [0.29, 0.717) is 37.4 Å². The second kappa shape index (κ2) is 8.76. The lowest BCUT2D eigenvalue weighted by atomic mass is 10.1. The molecule has 1 aliphatic rings. The first-order chi connectivity index (χ1) is 13.8. The van der Waals surface area contributed by atoms with Crippen LogP contribution in [0.15, 0.2) is 23.2 Å². The van der Waals surface area contributed by atoms with E-state index in [-0.39, 0.29) is 18.2 Å². The number of rotatable bonds is 5. The van der Waals surface area contributed by atoms with Gasteiger partial charge in [0.25, 0.3) is 0 Å². The summed E-state index contributed by atoms with van der Waals surface area (Å²) in [5, 5.41) is 10.4. The van der Waals surface area contributed by atoms with Gasteiger partial charge in [-0.1, -0.05) is 6.07 Å². The minimum absolute atomic E-state index is 0.0129. The van der Waals surface area contributed by atoms with Crippen LogP contribution in [0.4, 0.5) is 17.6 Å². The van der Waals surface area contributed by atoms with Crippen LogP contribution in [-0.2, 0) is 37.0 Å². The molecule has 3 rings (SSSR count). The summed E-state index contributed by atoms with van der Waals surface area (Å²) in [6, 6.07) is 2.62. The molecule has 0 bridgehead atoms. The fraction of sp³-hybridized carbons (Fsp3) is 0.500. The quantitative estimate of drug-likeness (QED) is 0.446. The van der Waals surface area contributed by atoms with Crippen LogP contribution in [-0.4, -0.2) is 40.9 Å².